The molecular weight excluding hydrogens is 277 g/mol. The van der Waals surface area contributed by atoms with E-state index < -0.39 is 5.54 Å². The molecule has 6 heteroatoms. The second kappa shape index (κ2) is 5.05. The molecule has 1 aliphatic rings. The van der Waals surface area contributed by atoms with Crippen LogP contribution < -0.4 is 5.48 Å². The second-order valence-electron chi connectivity index (χ2n) is 4.47. The van der Waals surface area contributed by atoms with Gasteiger partial charge in [-0.3, -0.25) is 0 Å². The molecule has 0 saturated carbocycles. The van der Waals surface area contributed by atoms with Crippen molar-refractivity contribution in [3.63, 3.8) is 0 Å². The minimum absolute atomic E-state index is 0.270. The highest BCUT2D eigenvalue weighted by molar-refractivity contribution is 7.11. The Morgan fingerprint density at radius 1 is 1.30 bits per heavy atom. The van der Waals surface area contributed by atoms with Crippen LogP contribution >= 0.6 is 11.3 Å². The lowest BCUT2D eigenvalue weighted by molar-refractivity contribution is 0.195. The Hall–Kier alpha value is -2.21. The Bertz CT molecular complexity index is 652. The van der Waals surface area contributed by atoms with E-state index in [1.54, 1.807) is 18.3 Å². The molecule has 0 spiro atoms. The van der Waals surface area contributed by atoms with Crippen LogP contribution in [-0.4, -0.2) is 10.8 Å². The summed E-state index contributed by atoms with van der Waals surface area (Å²) in [6, 6.07) is 6.28. The molecule has 1 aromatic carbocycles. The summed E-state index contributed by atoms with van der Waals surface area (Å²) in [5.74, 6) is 0.283. The number of hydroxylamine groups is 1. The van der Waals surface area contributed by atoms with E-state index in [0.29, 0.717) is 5.84 Å². The standard InChI is InChI=1S/C14H12FN3OS/c1-14(10-2-4-11(15)5-3-10)6-8-19-18-12(17-14)13-16-7-9-20-13/h2-9H,1H3,(H,17,18). The summed E-state index contributed by atoms with van der Waals surface area (Å²) in [6.07, 6.45) is 5.05. The molecular formula is C14H12FN3OS. The lowest BCUT2D eigenvalue weighted by atomic mass is 9.93. The van der Waals surface area contributed by atoms with Gasteiger partial charge >= 0.3 is 0 Å². The third kappa shape index (κ3) is 2.42. The number of nitrogens with one attached hydrogen (secondary N) is 1. The number of aromatic nitrogens is 1. The van der Waals surface area contributed by atoms with Crippen LogP contribution in [0.1, 0.15) is 17.5 Å². The van der Waals surface area contributed by atoms with Gasteiger partial charge in [-0.25, -0.2) is 19.8 Å². The Kier molecular flexibility index (Phi) is 3.23. The molecule has 1 unspecified atom stereocenters. The Labute approximate surface area is 119 Å². The van der Waals surface area contributed by atoms with Gasteiger partial charge in [-0.2, -0.15) is 0 Å². The van der Waals surface area contributed by atoms with Gasteiger partial charge in [0.25, 0.3) is 0 Å². The van der Waals surface area contributed by atoms with Gasteiger partial charge in [0, 0.05) is 11.6 Å². The van der Waals surface area contributed by atoms with Crippen molar-refractivity contribution in [2.45, 2.75) is 12.5 Å². The van der Waals surface area contributed by atoms with Crippen LogP contribution in [0.2, 0.25) is 0 Å². The Balaban J connectivity index is 2.05. The molecule has 1 atom stereocenters. The van der Waals surface area contributed by atoms with E-state index in [-0.39, 0.29) is 5.82 Å². The van der Waals surface area contributed by atoms with Gasteiger partial charge in [0.2, 0.25) is 0 Å². The average Bonchev–Trinajstić information content (AvgIpc) is 2.90. The molecule has 1 aromatic heterocycles. The monoisotopic (exact) mass is 289 g/mol. The number of benzene rings is 1. The number of thiazole rings is 1. The van der Waals surface area contributed by atoms with Crippen molar-refractivity contribution in [2.75, 3.05) is 0 Å². The van der Waals surface area contributed by atoms with Gasteiger partial charge in [0.1, 0.15) is 17.6 Å². The molecule has 0 aliphatic carbocycles. The second-order valence-corrected chi connectivity index (χ2v) is 5.37. The SMILES string of the molecule is CC1(c2ccc(F)cc2)C=CONC(c2nccs2)=N1. The molecule has 0 bridgehead atoms. The number of amidine groups is 1. The number of nitrogens with zero attached hydrogens (tertiary/aromatic N) is 2. The van der Waals surface area contributed by atoms with Gasteiger partial charge in [-0.15, -0.1) is 11.3 Å². The quantitative estimate of drug-likeness (QED) is 0.924. The molecule has 0 radical (unpaired) electrons. The first-order valence-corrected chi connectivity index (χ1v) is 6.90. The summed E-state index contributed by atoms with van der Waals surface area (Å²) in [4.78, 5) is 14.1. The van der Waals surface area contributed by atoms with Crippen LogP contribution in [0.25, 0.3) is 0 Å². The lowest BCUT2D eigenvalue weighted by Crippen LogP contribution is -2.25. The third-order valence-corrected chi connectivity index (χ3v) is 3.80. The normalized spacial score (nSPS) is 21.6. The molecule has 3 rings (SSSR count). The van der Waals surface area contributed by atoms with Gasteiger partial charge in [-0.1, -0.05) is 12.1 Å². The average molecular weight is 289 g/mol. The third-order valence-electron chi connectivity index (χ3n) is 3.02. The summed E-state index contributed by atoms with van der Waals surface area (Å²) >= 11 is 1.46. The zero-order valence-electron chi connectivity index (χ0n) is 10.7. The molecule has 1 aliphatic heterocycles. The Morgan fingerprint density at radius 2 is 2.10 bits per heavy atom. The van der Waals surface area contributed by atoms with Gasteiger partial charge in [0.05, 0.1) is 0 Å². The Morgan fingerprint density at radius 3 is 2.80 bits per heavy atom. The van der Waals surface area contributed by atoms with E-state index in [9.17, 15) is 4.39 Å². The number of halogens is 1. The molecule has 2 heterocycles. The summed E-state index contributed by atoms with van der Waals surface area (Å²) in [6.45, 7) is 1.93. The van der Waals surface area contributed by atoms with Crippen molar-refractivity contribution in [3.05, 3.63) is 64.6 Å². The number of rotatable bonds is 2. The maximum atomic E-state index is 13.1. The number of hydrogen-bond donors (Lipinski definition) is 1. The summed E-state index contributed by atoms with van der Waals surface area (Å²) < 4.78 is 13.1. The molecule has 102 valence electrons. The first-order chi connectivity index (χ1) is 9.67. The van der Waals surface area contributed by atoms with E-state index in [1.165, 1.54) is 29.7 Å². The summed E-state index contributed by atoms with van der Waals surface area (Å²) in [7, 11) is 0. The van der Waals surface area contributed by atoms with Crippen LogP contribution in [0.15, 0.2) is 53.2 Å². The first kappa shape index (κ1) is 12.8. The summed E-state index contributed by atoms with van der Waals surface area (Å²) in [5.41, 5.74) is 2.99. The minimum Gasteiger partial charge on any atom is -0.389 e. The van der Waals surface area contributed by atoms with E-state index in [0.717, 1.165) is 10.6 Å². The molecule has 4 nitrogen and oxygen atoms in total. The van der Waals surface area contributed by atoms with E-state index in [4.69, 9.17) is 4.84 Å². The molecule has 1 N–H and O–H groups in total. The highest BCUT2D eigenvalue weighted by atomic mass is 32.1. The number of hydrogen-bond acceptors (Lipinski definition) is 5. The van der Waals surface area contributed by atoms with Crippen molar-refractivity contribution in [1.29, 1.82) is 0 Å². The molecule has 0 fully saturated rings. The van der Waals surface area contributed by atoms with Gasteiger partial charge in [0.15, 0.2) is 10.8 Å². The van der Waals surface area contributed by atoms with Crippen molar-refractivity contribution >= 4 is 17.2 Å². The zero-order valence-corrected chi connectivity index (χ0v) is 11.5. The largest absolute Gasteiger partial charge is 0.389 e. The van der Waals surface area contributed by atoms with Crippen molar-refractivity contribution in [3.8, 4) is 0 Å². The zero-order chi connectivity index (χ0) is 14.0. The minimum atomic E-state index is -0.641. The first-order valence-electron chi connectivity index (χ1n) is 6.02. The highest BCUT2D eigenvalue weighted by Crippen LogP contribution is 2.29. The molecule has 0 amide bonds. The smallest absolute Gasteiger partial charge is 0.193 e. The van der Waals surface area contributed by atoms with E-state index in [1.807, 2.05) is 18.4 Å². The van der Waals surface area contributed by atoms with Crippen LogP contribution in [0.5, 0.6) is 0 Å². The number of aliphatic imine (C=N–C) groups is 1. The fraction of sp³-hybridized carbons (Fsp3) is 0.143. The molecule has 0 saturated heterocycles. The van der Waals surface area contributed by atoms with Crippen molar-refractivity contribution < 1.29 is 9.23 Å². The predicted molar refractivity (Wildman–Crippen MR) is 75.8 cm³/mol. The lowest BCUT2D eigenvalue weighted by Gasteiger charge is -2.21. The fourth-order valence-electron chi connectivity index (χ4n) is 1.93. The van der Waals surface area contributed by atoms with E-state index in [2.05, 4.69) is 15.5 Å². The van der Waals surface area contributed by atoms with Crippen LogP contribution in [0.4, 0.5) is 4.39 Å². The topological polar surface area (TPSA) is 46.5 Å². The van der Waals surface area contributed by atoms with Crippen molar-refractivity contribution in [2.24, 2.45) is 4.99 Å². The van der Waals surface area contributed by atoms with Crippen LogP contribution in [0.3, 0.4) is 0 Å². The predicted octanol–water partition coefficient (Wildman–Crippen LogP) is 2.99. The van der Waals surface area contributed by atoms with E-state index >= 15 is 0 Å². The highest BCUT2D eigenvalue weighted by Gasteiger charge is 2.26. The van der Waals surface area contributed by atoms with Crippen molar-refractivity contribution in [1.82, 2.24) is 10.5 Å². The maximum Gasteiger partial charge on any atom is 0.193 e. The fourth-order valence-corrected chi connectivity index (χ4v) is 2.50. The molecule has 2 aromatic rings. The van der Waals surface area contributed by atoms with Gasteiger partial charge < -0.3 is 4.84 Å². The maximum absolute atomic E-state index is 13.1. The van der Waals surface area contributed by atoms with Gasteiger partial charge in [-0.05, 0) is 30.7 Å². The summed E-state index contributed by atoms with van der Waals surface area (Å²) in [5, 5.41) is 2.61. The molecule has 20 heavy (non-hydrogen) atoms. The van der Waals surface area contributed by atoms with Crippen LogP contribution in [0, 0.1) is 5.82 Å². The van der Waals surface area contributed by atoms with Crippen LogP contribution in [-0.2, 0) is 10.4 Å².